The third-order valence-corrected chi connectivity index (χ3v) is 10.9. The van der Waals surface area contributed by atoms with Gasteiger partial charge >= 0.3 is 11.9 Å². The second-order valence-electron chi connectivity index (χ2n) is 17.2. The van der Waals surface area contributed by atoms with E-state index in [0.29, 0.717) is 12.8 Å². The number of carbonyl (C=O) groups is 2. The van der Waals surface area contributed by atoms with Crippen LogP contribution in [0.3, 0.4) is 0 Å². The lowest BCUT2D eigenvalue weighted by molar-refractivity contribution is -0.161. The van der Waals surface area contributed by atoms with Crippen LogP contribution in [0.5, 0.6) is 0 Å². The molecule has 67 heavy (non-hydrogen) atoms. The van der Waals surface area contributed by atoms with Gasteiger partial charge in [0.05, 0.1) is 6.61 Å². The number of allylic oxidation sites excluding steroid dienone is 24. The molecule has 0 aromatic carbocycles. The van der Waals surface area contributed by atoms with Crippen molar-refractivity contribution in [3.05, 3.63) is 146 Å². The van der Waals surface area contributed by atoms with Gasteiger partial charge in [0.1, 0.15) is 6.61 Å². The van der Waals surface area contributed by atoms with Crippen LogP contribution in [0.4, 0.5) is 0 Å². The maximum Gasteiger partial charge on any atom is 0.306 e. The molecule has 0 aliphatic carbocycles. The van der Waals surface area contributed by atoms with Gasteiger partial charge in [-0.05, 0) is 122 Å². The highest BCUT2D eigenvalue weighted by atomic mass is 16.6. The maximum atomic E-state index is 12.3. The van der Waals surface area contributed by atoms with Crippen LogP contribution < -0.4 is 0 Å². The van der Waals surface area contributed by atoms with Gasteiger partial charge < -0.3 is 14.6 Å². The quantitative estimate of drug-likeness (QED) is 0.0374. The molecule has 1 atom stereocenters. The molecule has 0 fully saturated rings. The van der Waals surface area contributed by atoms with E-state index in [0.717, 1.165) is 128 Å². The van der Waals surface area contributed by atoms with Crippen molar-refractivity contribution in [2.24, 2.45) is 0 Å². The lowest BCUT2D eigenvalue weighted by atomic mass is 10.1. The topological polar surface area (TPSA) is 72.8 Å². The summed E-state index contributed by atoms with van der Waals surface area (Å²) in [7, 11) is 0. The van der Waals surface area contributed by atoms with E-state index in [2.05, 4.69) is 160 Å². The smallest absolute Gasteiger partial charge is 0.306 e. The Morgan fingerprint density at radius 1 is 0.358 bits per heavy atom. The molecule has 0 heterocycles. The molecule has 0 saturated heterocycles. The summed E-state index contributed by atoms with van der Waals surface area (Å²) in [6.45, 7) is 3.97. The Morgan fingerprint density at radius 3 is 0.970 bits per heavy atom. The van der Waals surface area contributed by atoms with Gasteiger partial charge in [0, 0.05) is 12.8 Å². The zero-order valence-electron chi connectivity index (χ0n) is 42.8. The normalized spacial score (nSPS) is 13.4. The van der Waals surface area contributed by atoms with Crippen LogP contribution in [0.15, 0.2) is 146 Å². The van der Waals surface area contributed by atoms with Crippen LogP contribution in [0.2, 0.25) is 0 Å². The molecule has 0 spiro atoms. The monoisotopic (exact) mass is 923 g/mol. The first-order valence-corrected chi connectivity index (χ1v) is 26.9. The lowest BCUT2D eigenvalue weighted by Gasteiger charge is -2.15. The molecule has 0 aromatic rings. The summed E-state index contributed by atoms with van der Waals surface area (Å²) in [5, 5.41) is 9.63. The minimum atomic E-state index is -0.800. The average Bonchev–Trinajstić information content (AvgIpc) is 3.33. The highest BCUT2D eigenvalue weighted by Gasteiger charge is 2.16. The van der Waals surface area contributed by atoms with Gasteiger partial charge in [-0.2, -0.15) is 0 Å². The van der Waals surface area contributed by atoms with Gasteiger partial charge in [-0.15, -0.1) is 0 Å². The number of carbonyl (C=O) groups excluding carboxylic acids is 2. The molecule has 376 valence electrons. The van der Waals surface area contributed by atoms with E-state index < -0.39 is 6.10 Å². The minimum absolute atomic E-state index is 0.0898. The second kappa shape index (κ2) is 56.1. The Bertz CT molecular complexity index is 1460. The van der Waals surface area contributed by atoms with Crippen molar-refractivity contribution in [3.8, 4) is 0 Å². The summed E-state index contributed by atoms with van der Waals surface area (Å²) in [6.07, 6.45) is 85.1. The molecule has 5 heteroatoms. The fraction of sp³-hybridized carbons (Fsp3) is 0.581. The largest absolute Gasteiger partial charge is 0.462 e. The highest BCUT2D eigenvalue weighted by Crippen LogP contribution is 2.12. The van der Waals surface area contributed by atoms with Crippen molar-refractivity contribution in [1.29, 1.82) is 0 Å². The second-order valence-corrected chi connectivity index (χ2v) is 17.2. The molecular weight excluding hydrogens is 825 g/mol. The fourth-order valence-corrected chi connectivity index (χ4v) is 6.85. The third kappa shape index (κ3) is 54.3. The van der Waals surface area contributed by atoms with Crippen LogP contribution in [0.25, 0.3) is 0 Å². The summed E-state index contributed by atoms with van der Waals surface area (Å²) >= 11 is 0. The van der Waals surface area contributed by atoms with Gasteiger partial charge in [-0.25, -0.2) is 0 Å². The molecule has 0 saturated carbocycles. The maximum absolute atomic E-state index is 12.3. The van der Waals surface area contributed by atoms with Gasteiger partial charge in [0.15, 0.2) is 6.10 Å². The van der Waals surface area contributed by atoms with E-state index in [9.17, 15) is 14.7 Å². The molecule has 0 bridgehead atoms. The van der Waals surface area contributed by atoms with Crippen LogP contribution in [0, 0.1) is 0 Å². The number of ether oxygens (including phenoxy) is 2. The van der Waals surface area contributed by atoms with Crippen molar-refractivity contribution < 1.29 is 24.2 Å². The Labute approximate surface area is 412 Å². The van der Waals surface area contributed by atoms with Crippen LogP contribution in [-0.4, -0.2) is 36.4 Å². The van der Waals surface area contributed by atoms with E-state index in [-0.39, 0.29) is 25.2 Å². The molecule has 0 radical (unpaired) electrons. The van der Waals surface area contributed by atoms with Gasteiger partial charge in [-0.3, -0.25) is 9.59 Å². The first-order chi connectivity index (χ1) is 33.1. The van der Waals surface area contributed by atoms with E-state index in [1.807, 2.05) is 0 Å². The number of esters is 2. The molecule has 1 N–H and O–H groups in total. The molecule has 0 aliphatic rings. The number of aliphatic hydroxyl groups excluding tert-OH is 1. The van der Waals surface area contributed by atoms with Crippen molar-refractivity contribution in [2.45, 2.75) is 219 Å². The SMILES string of the molecule is CC/C=C\C/C=C\C/C=C\C/C=C\C/C=C\C/C=C\C/C=C\C/C=C\C/C=C\C/C=C\CCCCCCC(=O)OC(CO)COC(=O)CCCCCCCCC/C=C\C/C=C\CCCCCC. The van der Waals surface area contributed by atoms with Crippen LogP contribution >= 0.6 is 0 Å². The number of unbranched alkanes of at least 4 members (excludes halogenated alkanes) is 15. The molecule has 0 aliphatic heterocycles. The number of hydrogen-bond donors (Lipinski definition) is 1. The van der Waals surface area contributed by atoms with Crippen molar-refractivity contribution in [3.63, 3.8) is 0 Å². The minimum Gasteiger partial charge on any atom is -0.462 e. The van der Waals surface area contributed by atoms with Crippen molar-refractivity contribution >= 4 is 11.9 Å². The molecule has 0 rings (SSSR count). The highest BCUT2D eigenvalue weighted by molar-refractivity contribution is 5.70. The van der Waals surface area contributed by atoms with E-state index in [4.69, 9.17) is 9.47 Å². The predicted octanol–water partition coefficient (Wildman–Crippen LogP) is 18.2. The number of aliphatic hydroxyl groups is 1. The Balaban J connectivity index is 3.68. The van der Waals surface area contributed by atoms with Gasteiger partial charge in [0.25, 0.3) is 0 Å². The van der Waals surface area contributed by atoms with E-state index >= 15 is 0 Å². The Hall–Kier alpha value is -4.22. The van der Waals surface area contributed by atoms with Crippen LogP contribution in [0.1, 0.15) is 213 Å². The predicted molar refractivity (Wildman–Crippen MR) is 292 cm³/mol. The first-order valence-electron chi connectivity index (χ1n) is 26.9. The van der Waals surface area contributed by atoms with E-state index in [1.54, 1.807) is 0 Å². The summed E-state index contributed by atoms with van der Waals surface area (Å²) < 4.78 is 10.7. The standard InChI is InChI=1S/C62H98O5/c1-3-5-7-9-11-13-15-17-19-21-23-24-25-26-27-28-29-30-31-32-33-34-35-36-37-38-39-41-43-45-47-49-51-53-55-57-62(65)67-60(58-63)59-66-61(64)56-54-52-50-48-46-44-42-40-22-20-18-16-14-12-10-8-6-4-2/h5,7,11,13-14,16-17,19-20,22-24,26-27,29-30,32-33,35-36,38-39,43,45,60,63H,3-4,6,8-10,12,15,18,21,25,28,31,34,37,40-42,44,46-59H2,1-2H3/b7-5-,13-11-,16-14-,19-17-,22-20-,24-23-,27-26-,30-29-,33-32-,36-35-,39-38-,45-43-. The zero-order chi connectivity index (χ0) is 48.5. The molecular formula is C62H98O5. The number of rotatable bonds is 47. The average molecular weight is 923 g/mol. The first kappa shape index (κ1) is 62.8. The van der Waals surface area contributed by atoms with Gasteiger partial charge in [0.2, 0.25) is 0 Å². The summed E-state index contributed by atoms with van der Waals surface area (Å²) in [4.78, 5) is 24.5. The zero-order valence-corrected chi connectivity index (χ0v) is 42.8. The lowest BCUT2D eigenvalue weighted by Crippen LogP contribution is -2.28. The molecule has 1 unspecified atom stereocenters. The summed E-state index contributed by atoms with van der Waals surface area (Å²) in [6, 6.07) is 0. The van der Waals surface area contributed by atoms with Crippen molar-refractivity contribution in [1.82, 2.24) is 0 Å². The summed E-state index contributed by atoms with van der Waals surface area (Å²) in [5.74, 6) is -0.639. The number of hydrogen-bond acceptors (Lipinski definition) is 5. The van der Waals surface area contributed by atoms with Crippen molar-refractivity contribution in [2.75, 3.05) is 13.2 Å². The Morgan fingerprint density at radius 2 is 0.642 bits per heavy atom. The summed E-state index contributed by atoms with van der Waals surface area (Å²) in [5.41, 5.74) is 0. The van der Waals surface area contributed by atoms with Crippen LogP contribution in [-0.2, 0) is 19.1 Å². The Kier molecular flexibility index (Phi) is 52.6. The molecule has 5 nitrogen and oxygen atoms in total. The molecule has 0 aromatic heterocycles. The fourth-order valence-electron chi connectivity index (χ4n) is 6.85. The third-order valence-electron chi connectivity index (χ3n) is 10.9. The van der Waals surface area contributed by atoms with Gasteiger partial charge in [-0.1, -0.05) is 224 Å². The molecule has 0 amide bonds. The van der Waals surface area contributed by atoms with E-state index in [1.165, 1.54) is 57.8 Å².